The van der Waals surface area contributed by atoms with E-state index in [2.05, 4.69) is 32.3 Å². The molecule has 6 N–H and O–H groups in total. The van der Waals surface area contributed by atoms with E-state index in [1.807, 2.05) is 38.1 Å². The molecule has 46 heavy (non-hydrogen) atoms. The Bertz CT molecular complexity index is 1440. The minimum atomic E-state index is -0.570. The molecule has 0 aliphatic carbocycles. The number of nitrogens with one attached hydrogen (secondary N) is 6. The summed E-state index contributed by atoms with van der Waals surface area (Å²) in [5, 5.41) is 4.46. The molecular formula is C30H32N6O8S2. The van der Waals surface area contributed by atoms with E-state index in [0.29, 0.717) is 23.0 Å². The molecule has 0 spiro atoms. The van der Waals surface area contributed by atoms with Crippen LogP contribution in [0.5, 0.6) is 23.0 Å². The molecule has 0 aliphatic rings. The summed E-state index contributed by atoms with van der Waals surface area (Å²) in [4.78, 5) is 48.1. The molecule has 0 bridgehead atoms. The summed E-state index contributed by atoms with van der Waals surface area (Å²) in [5.74, 6) is -0.355. The third-order valence-corrected chi connectivity index (χ3v) is 5.83. The molecule has 4 amide bonds. The molecule has 3 rings (SSSR count). The Hall–Kier alpha value is -5.48. The van der Waals surface area contributed by atoms with Gasteiger partial charge < -0.3 is 18.9 Å². The minimum absolute atomic E-state index is 0.135. The summed E-state index contributed by atoms with van der Waals surface area (Å²) < 4.78 is 21.6. The van der Waals surface area contributed by atoms with Crippen molar-refractivity contribution in [3.8, 4) is 23.0 Å². The van der Waals surface area contributed by atoms with Gasteiger partial charge in [0, 0.05) is 0 Å². The van der Waals surface area contributed by atoms with E-state index >= 15 is 0 Å². The number of aryl methyl sites for hydroxylation is 2. The zero-order valence-electron chi connectivity index (χ0n) is 24.8. The molecular weight excluding hydrogens is 636 g/mol. The summed E-state index contributed by atoms with van der Waals surface area (Å²) in [6.45, 7) is 2.57. The molecule has 0 saturated heterocycles. The van der Waals surface area contributed by atoms with Gasteiger partial charge in [0.1, 0.15) is 23.0 Å². The van der Waals surface area contributed by atoms with Crippen LogP contribution in [-0.4, -0.2) is 60.3 Å². The Morgan fingerprint density at radius 1 is 0.500 bits per heavy atom. The van der Waals surface area contributed by atoms with Crippen LogP contribution in [0.25, 0.3) is 0 Å². The Labute approximate surface area is 275 Å². The van der Waals surface area contributed by atoms with Gasteiger partial charge in [-0.25, -0.2) is 0 Å². The van der Waals surface area contributed by atoms with Gasteiger partial charge in [0.25, 0.3) is 23.6 Å². The van der Waals surface area contributed by atoms with Crippen LogP contribution in [0.3, 0.4) is 0 Å². The maximum Gasteiger partial charge on any atom is 0.276 e. The van der Waals surface area contributed by atoms with Gasteiger partial charge in [-0.05, 0) is 97.9 Å². The van der Waals surface area contributed by atoms with E-state index in [-0.39, 0.29) is 36.7 Å². The van der Waals surface area contributed by atoms with E-state index in [4.69, 9.17) is 43.4 Å². The Morgan fingerprint density at radius 3 is 1.22 bits per heavy atom. The van der Waals surface area contributed by atoms with E-state index in [1.54, 1.807) is 24.3 Å². The average Bonchev–Trinajstić information content (AvgIpc) is 3.03. The molecule has 0 saturated carbocycles. The number of ether oxygens (including phenoxy) is 4. The first-order valence-electron chi connectivity index (χ1n) is 13.6. The molecule has 3 aromatic rings. The highest BCUT2D eigenvalue weighted by molar-refractivity contribution is 7.80. The summed E-state index contributed by atoms with van der Waals surface area (Å²) in [5.41, 5.74) is 11.4. The first kappa shape index (κ1) is 35.0. The van der Waals surface area contributed by atoms with Gasteiger partial charge in [-0.2, -0.15) is 0 Å². The predicted octanol–water partition coefficient (Wildman–Crippen LogP) is 1.26. The van der Waals surface area contributed by atoms with Crippen molar-refractivity contribution in [2.75, 3.05) is 26.4 Å². The van der Waals surface area contributed by atoms with Crippen LogP contribution in [-0.2, 0) is 19.2 Å². The van der Waals surface area contributed by atoms with Crippen LogP contribution in [0.1, 0.15) is 11.1 Å². The zero-order valence-corrected chi connectivity index (χ0v) is 26.5. The molecule has 242 valence electrons. The lowest BCUT2D eigenvalue weighted by Gasteiger charge is -2.13. The quantitative estimate of drug-likeness (QED) is 0.121. The molecule has 0 radical (unpaired) electrons. The molecule has 0 atom stereocenters. The number of hydrazine groups is 2. The Kier molecular flexibility index (Phi) is 14.0. The SMILES string of the molecule is Cc1cccc(OCC(=O)NNC(=S)NC(=O)COc2ccc(OCC(=O)NC(=S)NNC(=O)COc3cccc(C)c3)cc2)c1. The lowest BCUT2D eigenvalue weighted by atomic mass is 10.2. The molecule has 0 heterocycles. The lowest BCUT2D eigenvalue weighted by molar-refractivity contribution is -0.124. The third-order valence-electron chi connectivity index (χ3n) is 5.42. The number of hydrogen-bond donors (Lipinski definition) is 6. The smallest absolute Gasteiger partial charge is 0.276 e. The summed E-state index contributed by atoms with van der Waals surface area (Å²) in [7, 11) is 0. The van der Waals surface area contributed by atoms with Crippen LogP contribution in [0.15, 0.2) is 72.8 Å². The fraction of sp³-hybridized carbons (Fsp3) is 0.200. The molecule has 0 aliphatic heterocycles. The van der Waals surface area contributed by atoms with Crippen LogP contribution in [0.2, 0.25) is 0 Å². The number of amides is 4. The highest BCUT2D eigenvalue weighted by Gasteiger charge is 2.10. The summed E-state index contributed by atoms with van der Waals surface area (Å²) >= 11 is 9.97. The van der Waals surface area contributed by atoms with Crippen molar-refractivity contribution >= 4 is 58.3 Å². The lowest BCUT2D eigenvalue weighted by Crippen LogP contribution is -2.50. The minimum Gasteiger partial charge on any atom is -0.484 e. The van der Waals surface area contributed by atoms with Crippen LogP contribution < -0.4 is 51.3 Å². The predicted molar refractivity (Wildman–Crippen MR) is 175 cm³/mol. The van der Waals surface area contributed by atoms with Gasteiger partial charge in [-0.1, -0.05) is 24.3 Å². The maximum atomic E-state index is 12.1. The van der Waals surface area contributed by atoms with Gasteiger partial charge in [0.2, 0.25) is 0 Å². The van der Waals surface area contributed by atoms with Crippen LogP contribution in [0, 0.1) is 13.8 Å². The van der Waals surface area contributed by atoms with Crippen LogP contribution >= 0.6 is 24.4 Å². The van der Waals surface area contributed by atoms with Crippen molar-refractivity contribution < 1.29 is 38.1 Å². The highest BCUT2D eigenvalue weighted by Crippen LogP contribution is 2.17. The second-order valence-electron chi connectivity index (χ2n) is 9.36. The zero-order chi connectivity index (χ0) is 33.3. The normalized spacial score (nSPS) is 9.96. The van der Waals surface area contributed by atoms with Gasteiger partial charge in [-0.3, -0.25) is 51.5 Å². The number of carbonyl (C=O) groups is 4. The Morgan fingerprint density at radius 2 is 0.848 bits per heavy atom. The van der Waals surface area contributed by atoms with Crippen molar-refractivity contribution in [3.05, 3.63) is 83.9 Å². The molecule has 16 heteroatoms. The fourth-order valence-corrected chi connectivity index (χ4v) is 3.68. The number of rotatable bonds is 12. The molecule has 0 aromatic heterocycles. The number of benzene rings is 3. The number of thiocarbonyl (C=S) groups is 2. The van der Waals surface area contributed by atoms with E-state index in [9.17, 15) is 19.2 Å². The van der Waals surface area contributed by atoms with E-state index in [1.165, 1.54) is 24.3 Å². The monoisotopic (exact) mass is 668 g/mol. The maximum absolute atomic E-state index is 12.1. The topological polar surface area (TPSA) is 177 Å². The molecule has 0 fully saturated rings. The molecule has 14 nitrogen and oxygen atoms in total. The van der Waals surface area contributed by atoms with Crippen molar-refractivity contribution in [2.45, 2.75) is 13.8 Å². The first-order chi connectivity index (χ1) is 22.0. The third kappa shape index (κ3) is 13.9. The largest absolute Gasteiger partial charge is 0.484 e. The van der Waals surface area contributed by atoms with Crippen molar-refractivity contribution in [3.63, 3.8) is 0 Å². The summed E-state index contributed by atoms with van der Waals surface area (Å²) in [6.07, 6.45) is 0. The number of carbonyl (C=O) groups excluding carboxylic acids is 4. The van der Waals surface area contributed by atoms with Gasteiger partial charge >= 0.3 is 0 Å². The number of hydrogen-bond acceptors (Lipinski definition) is 10. The van der Waals surface area contributed by atoms with E-state index in [0.717, 1.165) is 11.1 Å². The van der Waals surface area contributed by atoms with Crippen molar-refractivity contribution in [2.24, 2.45) is 0 Å². The fourth-order valence-electron chi connectivity index (χ4n) is 3.35. The van der Waals surface area contributed by atoms with Crippen molar-refractivity contribution in [1.82, 2.24) is 32.3 Å². The summed E-state index contributed by atoms with van der Waals surface area (Å²) in [6, 6.07) is 20.6. The van der Waals surface area contributed by atoms with E-state index < -0.39 is 23.6 Å². The second kappa shape index (κ2) is 18.4. The van der Waals surface area contributed by atoms with Crippen molar-refractivity contribution in [1.29, 1.82) is 0 Å². The van der Waals surface area contributed by atoms with Crippen LogP contribution in [0.4, 0.5) is 0 Å². The molecule has 0 unspecified atom stereocenters. The second-order valence-corrected chi connectivity index (χ2v) is 10.2. The van der Waals surface area contributed by atoms with Gasteiger partial charge in [0.05, 0.1) is 0 Å². The highest BCUT2D eigenvalue weighted by atomic mass is 32.1. The first-order valence-corrected chi connectivity index (χ1v) is 14.4. The standard InChI is InChI=1S/C30H32N6O8S2/c1-19-5-3-7-23(13-19)43-17-27(39)33-35-29(45)31-25(37)15-41-21-9-11-22(12-10-21)42-16-26(38)32-30(46)36-34-28(40)18-44-24-8-4-6-20(2)14-24/h3-14H,15-18H2,1-2H3,(H,33,39)(H,34,40)(H2,31,35,37,45)(H2,32,36,38,46). The molecule has 3 aromatic carbocycles. The van der Waals surface area contributed by atoms with Gasteiger partial charge in [0.15, 0.2) is 36.7 Å². The Balaban J connectivity index is 1.25. The van der Waals surface area contributed by atoms with Gasteiger partial charge in [-0.15, -0.1) is 0 Å². The average molecular weight is 669 g/mol.